The molecule has 0 bridgehead atoms. The van der Waals surface area contributed by atoms with Crippen molar-refractivity contribution in [2.45, 2.75) is 32.7 Å². The fourth-order valence-electron chi connectivity index (χ4n) is 1.94. The topological polar surface area (TPSA) is 51.8 Å². The first kappa shape index (κ1) is 14.9. The molecule has 1 heterocycles. The van der Waals surface area contributed by atoms with Gasteiger partial charge in [0.1, 0.15) is 5.82 Å². The highest BCUT2D eigenvalue weighted by molar-refractivity contribution is 6.33. The summed E-state index contributed by atoms with van der Waals surface area (Å²) in [5.74, 6) is 0.132. The average Bonchev–Trinajstić information content (AvgIpc) is 2.37. The molecule has 1 unspecified atom stereocenters. The average molecular weight is 294 g/mol. The fourth-order valence-corrected chi connectivity index (χ4v) is 2.19. The lowest BCUT2D eigenvalue weighted by atomic mass is 10.1. The van der Waals surface area contributed by atoms with Crippen LogP contribution in [0.5, 0.6) is 0 Å². The van der Waals surface area contributed by atoms with Gasteiger partial charge in [-0.2, -0.15) is 0 Å². The van der Waals surface area contributed by atoms with Gasteiger partial charge in [0.15, 0.2) is 5.82 Å². The van der Waals surface area contributed by atoms with Gasteiger partial charge in [0.2, 0.25) is 0 Å². The van der Waals surface area contributed by atoms with Gasteiger partial charge in [-0.3, -0.25) is 0 Å². The van der Waals surface area contributed by atoms with E-state index < -0.39 is 0 Å². The highest BCUT2D eigenvalue weighted by Gasteiger charge is 2.11. The molecular formula is C15H17ClFN3. The third-order valence-corrected chi connectivity index (χ3v) is 3.39. The molecule has 0 spiro atoms. The Kier molecular flexibility index (Phi) is 4.68. The van der Waals surface area contributed by atoms with Gasteiger partial charge in [0.25, 0.3) is 0 Å². The Balaban J connectivity index is 2.41. The maximum atomic E-state index is 13.1. The van der Waals surface area contributed by atoms with E-state index >= 15 is 0 Å². The molecule has 1 aromatic carbocycles. The number of nitrogens with two attached hydrogens (primary N) is 1. The minimum absolute atomic E-state index is 0.0702. The molecule has 0 radical (unpaired) electrons. The van der Waals surface area contributed by atoms with E-state index in [2.05, 4.69) is 9.97 Å². The second-order valence-corrected chi connectivity index (χ2v) is 5.23. The molecule has 20 heavy (non-hydrogen) atoms. The Morgan fingerprint density at radius 2 is 2.05 bits per heavy atom. The summed E-state index contributed by atoms with van der Waals surface area (Å²) in [6.45, 7) is 3.93. The van der Waals surface area contributed by atoms with Crippen molar-refractivity contribution in [3.8, 4) is 11.4 Å². The van der Waals surface area contributed by atoms with Gasteiger partial charge in [-0.05, 0) is 37.6 Å². The number of aromatic nitrogens is 2. The number of benzene rings is 1. The van der Waals surface area contributed by atoms with Gasteiger partial charge < -0.3 is 5.73 Å². The Bertz CT molecular complexity index is 616. The van der Waals surface area contributed by atoms with Crippen molar-refractivity contribution in [3.05, 3.63) is 46.5 Å². The first-order valence-corrected chi connectivity index (χ1v) is 6.93. The molecule has 0 amide bonds. The van der Waals surface area contributed by atoms with Crippen LogP contribution < -0.4 is 5.73 Å². The maximum Gasteiger partial charge on any atom is 0.161 e. The number of halogens is 2. The van der Waals surface area contributed by atoms with E-state index in [1.54, 1.807) is 6.07 Å². The van der Waals surface area contributed by atoms with E-state index in [1.165, 1.54) is 12.1 Å². The third kappa shape index (κ3) is 3.52. The summed E-state index contributed by atoms with van der Waals surface area (Å²) in [7, 11) is 0. The molecule has 0 aliphatic carbocycles. The first-order chi connectivity index (χ1) is 9.49. The monoisotopic (exact) mass is 293 g/mol. The molecule has 0 aliphatic rings. The van der Waals surface area contributed by atoms with Crippen LogP contribution >= 0.6 is 11.6 Å². The fraction of sp³-hybridized carbons (Fsp3) is 0.333. The number of nitrogens with zero attached hydrogens (tertiary/aromatic N) is 2. The highest BCUT2D eigenvalue weighted by Crippen LogP contribution is 2.26. The van der Waals surface area contributed by atoms with Crippen molar-refractivity contribution in [1.82, 2.24) is 9.97 Å². The van der Waals surface area contributed by atoms with Gasteiger partial charge in [-0.15, -0.1) is 0 Å². The SMILES string of the molecule is CCC(N)Cc1cc(C)nc(-c2ccc(F)cc2Cl)n1. The van der Waals surface area contributed by atoms with Crippen LogP contribution in [-0.4, -0.2) is 16.0 Å². The Morgan fingerprint density at radius 1 is 1.30 bits per heavy atom. The van der Waals surface area contributed by atoms with E-state index in [-0.39, 0.29) is 11.9 Å². The molecule has 0 saturated heterocycles. The van der Waals surface area contributed by atoms with Crippen molar-refractivity contribution in [2.24, 2.45) is 5.73 Å². The van der Waals surface area contributed by atoms with Crippen LogP contribution in [-0.2, 0) is 6.42 Å². The summed E-state index contributed by atoms with van der Waals surface area (Å²) in [6, 6.07) is 6.19. The Morgan fingerprint density at radius 3 is 2.70 bits per heavy atom. The molecule has 2 N–H and O–H groups in total. The summed E-state index contributed by atoms with van der Waals surface area (Å²) in [6.07, 6.45) is 1.57. The third-order valence-electron chi connectivity index (χ3n) is 3.08. The van der Waals surface area contributed by atoms with Crippen LogP contribution in [0, 0.1) is 12.7 Å². The number of hydrogen-bond acceptors (Lipinski definition) is 3. The summed E-state index contributed by atoms with van der Waals surface area (Å²) in [5.41, 5.74) is 8.30. The molecule has 2 rings (SSSR count). The minimum atomic E-state index is -0.375. The quantitative estimate of drug-likeness (QED) is 0.938. The van der Waals surface area contributed by atoms with Crippen LogP contribution in [0.4, 0.5) is 4.39 Å². The summed E-state index contributed by atoms with van der Waals surface area (Å²) in [4.78, 5) is 8.85. The Labute approximate surface area is 123 Å². The van der Waals surface area contributed by atoms with Crippen LogP contribution in [0.3, 0.4) is 0 Å². The summed E-state index contributed by atoms with van der Waals surface area (Å²) >= 11 is 6.06. The summed E-state index contributed by atoms with van der Waals surface area (Å²) < 4.78 is 13.1. The molecule has 0 saturated carbocycles. The van der Waals surface area contributed by atoms with Crippen molar-refractivity contribution in [3.63, 3.8) is 0 Å². The standard InChI is InChI=1S/C15H17ClFN3/c1-3-11(18)8-12-6-9(2)19-15(20-12)13-5-4-10(17)7-14(13)16/h4-7,11H,3,8,18H2,1-2H3. The van der Waals surface area contributed by atoms with Gasteiger partial charge in [0, 0.05) is 29.4 Å². The first-order valence-electron chi connectivity index (χ1n) is 6.55. The van der Waals surface area contributed by atoms with Gasteiger partial charge in [0.05, 0.1) is 5.02 Å². The molecule has 3 nitrogen and oxygen atoms in total. The predicted octanol–water partition coefficient (Wildman–Crippen LogP) is 3.52. The van der Waals surface area contributed by atoms with E-state index in [4.69, 9.17) is 17.3 Å². The number of aryl methyl sites for hydroxylation is 1. The van der Waals surface area contributed by atoms with Crippen molar-refractivity contribution < 1.29 is 4.39 Å². The smallest absolute Gasteiger partial charge is 0.161 e. The van der Waals surface area contributed by atoms with Crippen molar-refractivity contribution in [2.75, 3.05) is 0 Å². The van der Waals surface area contributed by atoms with Crippen LogP contribution in [0.2, 0.25) is 5.02 Å². The number of rotatable bonds is 4. The molecule has 2 aromatic rings. The zero-order chi connectivity index (χ0) is 14.7. The van der Waals surface area contributed by atoms with Crippen LogP contribution in [0.25, 0.3) is 11.4 Å². The maximum absolute atomic E-state index is 13.1. The largest absolute Gasteiger partial charge is 0.327 e. The van der Waals surface area contributed by atoms with E-state index in [1.807, 2.05) is 19.9 Å². The second-order valence-electron chi connectivity index (χ2n) is 4.82. The van der Waals surface area contributed by atoms with Crippen molar-refractivity contribution >= 4 is 11.6 Å². The lowest BCUT2D eigenvalue weighted by molar-refractivity contribution is 0.628. The molecule has 1 atom stereocenters. The van der Waals surface area contributed by atoms with Crippen LogP contribution in [0.15, 0.2) is 24.3 Å². The summed E-state index contributed by atoms with van der Waals surface area (Å²) in [5, 5.41) is 0.307. The minimum Gasteiger partial charge on any atom is -0.327 e. The zero-order valence-electron chi connectivity index (χ0n) is 11.5. The molecular weight excluding hydrogens is 277 g/mol. The molecule has 106 valence electrons. The predicted molar refractivity (Wildman–Crippen MR) is 79.1 cm³/mol. The Hall–Kier alpha value is -1.52. The van der Waals surface area contributed by atoms with Gasteiger partial charge >= 0.3 is 0 Å². The molecule has 5 heteroatoms. The zero-order valence-corrected chi connectivity index (χ0v) is 12.3. The molecule has 1 aromatic heterocycles. The number of hydrogen-bond donors (Lipinski definition) is 1. The van der Waals surface area contributed by atoms with E-state index in [0.717, 1.165) is 17.8 Å². The van der Waals surface area contributed by atoms with E-state index in [0.29, 0.717) is 22.8 Å². The van der Waals surface area contributed by atoms with Crippen LogP contribution in [0.1, 0.15) is 24.7 Å². The van der Waals surface area contributed by atoms with E-state index in [9.17, 15) is 4.39 Å². The molecule has 0 aliphatic heterocycles. The van der Waals surface area contributed by atoms with Gasteiger partial charge in [-0.1, -0.05) is 18.5 Å². The molecule has 0 fully saturated rings. The highest BCUT2D eigenvalue weighted by atomic mass is 35.5. The normalized spacial score (nSPS) is 12.4. The lowest BCUT2D eigenvalue weighted by Gasteiger charge is -2.11. The lowest BCUT2D eigenvalue weighted by Crippen LogP contribution is -2.22. The van der Waals surface area contributed by atoms with Crippen molar-refractivity contribution in [1.29, 1.82) is 0 Å². The second kappa shape index (κ2) is 6.29. The van der Waals surface area contributed by atoms with Gasteiger partial charge in [-0.25, -0.2) is 14.4 Å².